The van der Waals surface area contributed by atoms with E-state index in [1.165, 1.54) is 18.2 Å². The van der Waals surface area contributed by atoms with Crippen LogP contribution in [0.4, 0.5) is 0 Å². The summed E-state index contributed by atoms with van der Waals surface area (Å²) in [5.74, 6) is -0.821. The molecule has 13 heavy (non-hydrogen) atoms. The Balaban J connectivity index is 3.20. The highest BCUT2D eigenvalue weighted by Crippen LogP contribution is 2.21. The third kappa shape index (κ3) is 1.78. The highest BCUT2D eigenvalue weighted by atomic mass is 17.1. The van der Waals surface area contributed by atoms with Gasteiger partial charge in [0, 0.05) is 5.56 Å². The standard InChI is InChI=1S/C9H10O4/c1-2-6-7(9(11)13-12)4-3-5-8(6)10/h3-5,10,12H,2H2,1H3. The zero-order chi connectivity index (χ0) is 9.84. The third-order valence-corrected chi connectivity index (χ3v) is 1.81. The van der Waals surface area contributed by atoms with Crippen LogP contribution < -0.4 is 0 Å². The van der Waals surface area contributed by atoms with Crippen molar-refractivity contribution in [1.82, 2.24) is 0 Å². The van der Waals surface area contributed by atoms with Crippen LogP contribution in [0.5, 0.6) is 5.75 Å². The molecule has 0 aliphatic rings. The lowest BCUT2D eigenvalue weighted by molar-refractivity contribution is -0.182. The molecule has 0 aromatic heterocycles. The summed E-state index contributed by atoms with van der Waals surface area (Å²) in [4.78, 5) is 14.5. The lowest BCUT2D eigenvalue weighted by Gasteiger charge is -2.05. The maximum atomic E-state index is 11.0. The van der Waals surface area contributed by atoms with Crippen LogP contribution in [0, 0.1) is 0 Å². The first-order valence-corrected chi connectivity index (χ1v) is 3.87. The zero-order valence-corrected chi connectivity index (χ0v) is 7.15. The van der Waals surface area contributed by atoms with Crippen molar-refractivity contribution in [2.24, 2.45) is 0 Å². The number of aromatic hydroxyl groups is 1. The Morgan fingerprint density at radius 3 is 2.77 bits per heavy atom. The van der Waals surface area contributed by atoms with Crippen LogP contribution in [-0.4, -0.2) is 16.3 Å². The molecule has 1 aromatic rings. The summed E-state index contributed by atoms with van der Waals surface area (Å²) in [5.41, 5.74) is 0.659. The molecule has 0 amide bonds. The molecule has 1 rings (SSSR count). The lowest BCUT2D eigenvalue weighted by Crippen LogP contribution is -2.05. The number of phenolic OH excluding ortho intramolecular Hbond substituents is 1. The van der Waals surface area contributed by atoms with Crippen LogP contribution in [0.2, 0.25) is 0 Å². The van der Waals surface area contributed by atoms with Gasteiger partial charge in [0.1, 0.15) is 5.75 Å². The number of carbonyl (C=O) groups excluding carboxylic acids is 1. The van der Waals surface area contributed by atoms with Gasteiger partial charge in [-0.25, -0.2) is 4.79 Å². The molecule has 0 spiro atoms. The largest absolute Gasteiger partial charge is 0.508 e. The average Bonchev–Trinajstić information content (AvgIpc) is 2.16. The van der Waals surface area contributed by atoms with Gasteiger partial charge in [-0.1, -0.05) is 13.0 Å². The van der Waals surface area contributed by atoms with Crippen LogP contribution in [0.25, 0.3) is 0 Å². The van der Waals surface area contributed by atoms with E-state index in [0.29, 0.717) is 12.0 Å². The van der Waals surface area contributed by atoms with Gasteiger partial charge in [-0.05, 0) is 18.6 Å². The fraction of sp³-hybridized carbons (Fsp3) is 0.222. The molecule has 2 N–H and O–H groups in total. The summed E-state index contributed by atoms with van der Waals surface area (Å²) in [7, 11) is 0. The van der Waals surface area contributed by atoms with E-state index in [0.717, 1.165) is 0 Å². The summed E-state index contributed by atoms with van der Waals surface area (Å²) >= 11 is 0. The summed E-state index contributed by atoms with van der Waals surface area (Å²) in [6.45, 7) is 1.79. The molecule has 0 bridgehead atoms. The van der Waals surface area contributed by atoms with Crippen molar-refractivity contribution in [2.75, 3.05) is 0 Å². The molecule has 0 heterocycles. The molecule has 0 saturated carbocycles. The van der Waals surface area contributed by atoms with E-state index in [9.17, 15) is 9.90 Å². The monoisotopic (exact) mass is 182 g/mol. The molecule has 0 aliphatic heterocycles. The predicted octanol–water partition coefficient (Wildman–Crippen LogP) is 1.58. The lowest BCUT2D eigenvalue weighted by atomic mass is 10.0. The average molecular weight is 182 g/mol. The number of phenols is 1. The molecular formula is C9H10O4. The number of hydrogen-bond acceptors (Lipinski definition) is 4. The fourth-order valence-corrected chi connectivity index (χ4v) is 1.19. The number of carbonyl (C=O) groups is 1. The van der Waals surface area contributed by atoms with Crippen molar-refractivity contribution in [1.29, 1.82) is 0 Å². The first-order chi connectivity index (χ1) is 6.20. The topological polar surface area (TPSA) is 66.8 Å². The molecule has 1 aromatic carbocycles. The Bertz CT molecular complexity index is 319. The van der Waals surface area contributed by atoms with Gasteiger partial charge in [-0.15, -0.1) is 0 Å². The Morgan fingerprint density at radius 2 is 2.23 bits per heavy atom. The van der Waals surface area contributed by atoms with Crippen molar-refractivity contribution in [3.63, 3.8) is 0 Å². The third-order valence-electron chi connectivity index (χ3n) is 1.81. The van der Waals surface area contributed by atoms with Crippen molar-refractivity contribution in [2.45, 2.75) is 13.3 Å². The minimum absolute atomic E-state index is 0.0328. The summed E-state index contributed by atoms with van der Waals surface area (Å²) in [5, 5.41) is 17.5. The van der Waals surface area contributed by atoms with Gasteiger partial charge in [0.15, 0.2) is 0 Å². The maximum Gasteiger partial charge on any atom is 0.373 e. The Hall–Kier alpha value is -1.55. The van der Waals surface area contributed by atoms with Crippen molar-refractivity contribution >= 4 is 5.97 Å². The van der Waals surface area contributed by atoms with Crippen LogP contribution in [0.15, 0.2) is 18.2 Å². The second-order valence-corrected chi connectivity index (χ2v) is 2.54. The van der Waals surface area contributed by atoms with Crippen LogP contribution in [-0.2, 0) is 11.3 Å². The van der Waals surface area contributed by atoms with Crippen LogP contribution in [0.3, 0.4) is 0 Å². The molecule has 0 atom stereocenters. The second kappa shape index (κ2) is 3.91. The van der Waals surface area contributed by atoms with Crippen molar-refractivity contribution in [3.05, 3.63) is 29.3 Å². The van der Waals surface area contributed by atoms with Gasteiger partial charge in [-0.3, -0.25) is 4.89 Å². The fourth-order valence-electron chi connectivity index (χ4n) is 1.19. The number of hydrogen-bond donors (Lipinski definition) is 2. The summed E-state index contributed by atoms with van der Waals surface area (Å²) in [6.07, 6.45) is 0.497. The van der Waals surface area contributed by atoms with E-state index in [4.69, 9.17) is 5.26 Å². The van der Waals surface area contributed by atoms with E-state index in [1.54, 1.807) is 6.92 Å². The SMILES string of the molecule is CCc1c(O)cccc1C(=O)OO. The first kappa shape index (κ1) is 9.54. The van der Waals surface area contributed by atoms with Crippen LogP contribution >= 0.6 is 0 Å². The van der Waals surface area contributed by atoms with Crippen molar-refractivity contribution < 1.29 is 20.0 Å². The van der Waals surface area contributed by atoms with Gasteiger partial charge < -0.3 is 5.11 Å². The summed E-state index contributed by atoms with van der Waals surface area (Å²) < 4.78 is 0. The maximum absolute atomic E-state index is 11.0. The number of rotatable bonds is 2. The van der Waals surface area contributed by atoms with Gasteiger partial charge >= 0.3 is 5.97 Å². The minimum atomic E-state index is -0.854. The van der Waals surface area contributed by atoms with E-state index >= 15 is 0 Å². The van der Waals surface area contributed by atoms with Gasteiger partial charge in [-0.2, -0.15) is 5.26 Å². The Morgan fingerprint density at radius 1 is 1.54 bits per heavy atom. The summed E-state index contributed by atoms with van der Waals surface area (Å²) in [6, 6.07) is 4.48. The van der Waals surface area contributed by atoms with E-state index in [1.807, 2.05) is 0 Å². The molecule has 0 radical (unpaired) electrons. The first-order valence-electron chi connectivity index (χ1n) is 3.87. The molecule has 0 unspecified atom stereocenters. The molecular weight excluding hydrogens is 172 g/mol. The van der Waals surface area contributed by atoms with E-state index < -0.39 is 5.97 Å². The Labute approximate surface area is 75.3 Å². The Kier molecular flexibility index (Phi) is 2.87. The zero-order valence-electron chi connectivity index (χ0n) is 7.15. The molecule has 0 saturated heterocycles. The number of benzene rings is 1. The van der Waals surface area contributed by atoms with Crippen LogP contribution in [0.1, 0.15) is 22.8 Å². The molecule has 0 aliphatic carbocycles. The highest BCUT2D eigenvalue weighted by Gasteiger charge is 2.14. The van der Waals surface area contributed by atoms with Gasteiger partial charge in [0.05, 0.1) is 5.56 Å². The van der Waals surface area contributed by atoms with Gasteiger partial charge in [0.2, 0.25) is 0 Å². The molecule has 70 valence electrons. The van der Waals surface area contributed by atoms with Gasteiger partial charge in [0.25, 0.3) is 0 Å². The smallest absolute Gasteiger partial charge is 0.373 e. The van der Waals surface area contributed by atoms with E-state index in [-0.39, 0.29) is 11.3 Å². The molecule has 0 fully saturated rings. The minimum Gasteiger partial charge on any atom is -0.508 e. The highest BCUT2D eigenvalue weighted by molar-refractivity contribution is 5.91. The van der Waals surface area contributed by atoms with E-state index in [2.05, 4.69) is 4.89 Å². The molecule has 4 heteroatoms. The predicted molar refractivity (Wildman–Crippen MR) is 45.5 cm³/mol. The van der Waals surface area contributed by atoms with Crippen molar-refractivity contribution in [3.8, 4) is 5.75 Å². The second-order valence-electron chi connectivity index (χ2n) is 2.54. The normalized spacial score (nSPS) is 9.69. The molecule has 4 nitrogen and oxygen atoms in total. The quantitative estimate of drug-likeness (QED) is 0.538.